The zero-order valence-electron chi connectivity index (χ0n) is 10.9. The molecule has 7 heteroatoms. The summed E-state index contributed by atoms with van der Waals surface area (Å²) in [6.07, 6.45) is 1.53. The molecule has 3 N–H and O–H groups in total. The summed E-state index contributed by atoms with van der Waals surface area (Å²) in [6, 6.07) is 0. The van der Waals surface area contributed by atoms with Gasteiger partial charge in [0.15, 0.2) is 5.82 Å². The number of hydrogen-bond donors (Lipinski definition) is 2. The smallest absolute Gasteiger partial charge is 0.232 e. The number of aryl methyl sites for hydroxylation is 1. The Morgan fingerprint density at radius 1 is 1.61 bits per heavy atom. The van der Waals surface area contributed by atoms with Gasteiger partial charge in [0.25, 0.3) is 0 Å². The highest BCUT2D eigenvalue weighted by molar-refractivity contribution is 7.80. The number of aromatic nitrogens is 3. The maximum atomic E-state index is 12.2. The van der Waals surface area contributed by atoms with E-state index in [9.17, 15) is 4.79 Å². The molecule has 0 aliphatic carbocycles. The van der Waals surface area contributed by atoms with Crippen LogP contribution >= 0.6 is 12.2 Å². The Labute approximate surface area is 112 Å². The number of rotatable bonds is 6. The molecule has 0 bridgehead atoms. The number of carbonyl (C=O) groups excluding carboxylic acids is 1. The van der Waals surface area contributed by atoms with Crippen molar-refractivity contribution in [3.05, 3.63) is 11.6 Å². The van der Waals surface area contributed by atoms with E-state index in [0.29, 0.717) is 18.8 Å². The van der Waals surface area contributed by atoms with E-state index < -0.39 is 5.92 Å². The second-order valence-corrected chi connectivity index (χ2v) is 4.75. The van der Waals surface area contributed by atoms with E-state index in [0.717, 1.165) is 12.2 Å². The van der Waals surface area contributed by atoms with Crippen molar-refractivity contribution in [2.45, 2.75) is 33.2 Å². The van der Waals surface area contributed by atoms with Crippen LogP contribution in [0.2, 0.25) is 0 Å². The second kappa shape index (κ2) is 6.44. The van der Waals surface area contributed by atoms with Crippen LogP contribution in [0, 0.1) is 12.8 Å². The van der Waals surface area contributed by atoms with Gasteiger partial charge in [0, 0.05) is 7.05 Å². The first-order valence-corrected chi connectivity index (χ1v) is 6.28. The molecule has 6 nitrogen and oxygen atoms in total. The van der Waals surface area contributed by atoms with E-state index in [2.05, 4.69) is 15.2 Å². The lowest BCUT2D eigenvalue weighted by atomic mass is 10.0. The third-order valence-corrected chi connectivity index (χ3v) is 2.90. The molecule has 1 aromatic rings. The Kier molecular flexibility index (Phi) is 5.21. The molecule has 0 aliphatic rings. The zero-order chi connectivity index (χ0) is 13.7. The third kappa shape index (κ3) is 3.76. The molecule has 0 aliphatic heterocycles. The van der Waals surface area contributed by atoms with Crippen LogP contribution in [-0.2, 0) is 11.3 Å². The lowest BCUT2D eigenvalue weighted by Gasteiger charge is -2.21. The summed E-state index contributed by atoms with van der Waals surface area (Å²) in [4.78, 5) is 18.1. The van der Waals surface area contributed by atoms with Crippen molar-refractivity contribution in [1.82, 2.24) is 20.1 Å². The number of amides is 1. The third-order valence-electron chi connectivity index (χ3n) is 2.62. The summed E-state index contributed by atoms with van der Waals surface area (Å²) in [7, 11) is 1.70. The van der Waals surface area contributed by atoms with Crippen LogP contribution in [0.15, 0.2) is 0 Å². The van der Waals surface area contributed by atoms with Crippen LogP contribution in [-0.4, -0.2) is 38.0 Å². The summed E-state index contributed by atoms with van der Waals surface area (Å²) >= 11 is 4.94. The van der Waals surface area contributed by atoms with Gasteiger partial charge >= 0.3 is 0 Å². The van der Waals surface area contributed by atoms with Crippen LogP contribution in [0.25, 0.3) is 0 Å². The monoisotopic (exact) mass is 269 g/mol. The fourth-order valence-electron chi connectivity index (χ4n) is 1.69. The fraction of sp³-hybridized carbons (Fsp3) is 0.636. The molecule has 1 rings (SSSR count). The molecule has 0 saturated carbocycles. The van der Waals surface area contributed by atoms with Gasteiger partial charge in [-0.1, -0.05) is 25.6 Å². The maximum Gasteiger partial charge on any atom is 0.232 e. The molecule has 0 fully saturated rings. The molecular formula is C11H19N5OS. The Bertz CT molecular complexity index is 431. The van der Waals surface area contributed by atoms with Crippen molar-refractivity contribution < 1.29 is 4.79 Å². The van der Waals surface area contributed by atoms with E-state index >= 15 is 0 Å². The first kappa shape index (κ1) is 14.6. The number of hydrogen-bond acceptors (Lipinski definition) is 4. The van der Waals surface area contributed by atoms with Crippen LogP contribution in [0.1, 0.15) is 31.4 Å². The number of nitrogens with two attached hydrogens (primary N) is 1. The second-order valence-electron chi connectivity index (χ2n) is 4.27. The molecular weight excluding hydrogens is 250 g/mol. The minimum absolute atomic E-state index is 0.0770. The first-order valence-electron chi connectivity index (χ1n) is 5.87. The number of H-pyrrole nitrogens is 1. The number of nitrogens with one attached hydrogen (secondary N) is 1. The molecule has 0 saturated heterocycles. The topological polar surface area (TPSA) is 87.9 Å². The first-order chi connectivity index (χ1) is 8.45. The Balaban J connectivity index is 2.67. The average molecular weight is 269 g/mol. The zero-order valence-corrected chi connectivity index (χ0v) is 11.8. The predicted octanol–water partition coefficient (Wildman–Crippen LogP) is 0.774. The molecule has 18 heavy (non-hydrogen) atoms. The van der Waals surface area contributed by atoms with Crippen molar-refractivity contribution in [2.75, 3.05) is 7.05 Å². The van der Waals surface area contributed by atoms with Crippen LogP contribution in [0.5, 0.6) is 0 Å². The largest absolute Gasteiger partial charge is 0.393 e. The lowest BCUT2D eigenvalue weighted by Crippen LogP contribution is -2.39. The van der Waals surface area contributed by atoms with Gasteiger partial charge in [-0.05, 0) is 13.3 Å². The highest BCUT2D eigenvalue weighted by Gasteiger charge is 2.24. The molecule has 100 valence electrons. The van der Waals surface area contributed by atoms with Crippen LogP contribution < -0.4 is 5.73 Å². The summed E-state index contributed by atoms with van der Waals surface area (Å²) < 4.78 is 0. The van der Waals surface area contributed by atoms with Gasteiger partial charge in [-0.2, -0.15) is 5.10 Å². The molecule has 0 aromatic carbocycles. The van der Waals surface area contributed by atoms with E-state index in [1.165, 1.54) is 0 Å². The summed E-state index contributed by atoms with van der Waals surface area (Å²) in [5, 5.41) is 6.73. The average Bonchev–Trinajstić information content (AvgIpc) is 2.70. The SMILES string of the molecule is CCCC(C(=O)N(C)Cc1n[nH]c(C)n1)C(N)=S. The van der Waals surface area contributed by atoms with Gasteiger partial charge in [-0.3, -0.25) is 9.89 Å². The van der Waals surface area contributed by atoms with Crippen molar-refractivity contribution in [1.29, 1.82) is 0 Å². The Hall–Kier alpha value is -1.50. The normalized spacial score (nSPS) is 12.2. The number of nitrogens with zero attached hydrogens (tertiary/aromatic N) is 3. The fourth-order valence-corrected chi connectivity index (χ4v) is 1.91. The van der Waals surface area contributed by atoms with Crippen molar-refractivity contribution in [3.8, 4) is 0 Å². The number of aromatic amines is 1. The van der Waals surface area contributed by atoms with Crippen LogP contribution in [0.4, 0.5) is 0 Å². The highest BCUT2D eigenvalue weighted by Crippen LogP contribution is 2.11. The minimum Gasteiger partial charge on any atom is -0.393 e. The molecule has 1 heterocycles. The highest BCUT2D eigenvalue weighted by atomic mass is 32.1. The molecule has 1 atom stereocenters. The van der Waals surface area contributed by atoms with Gasteiger partial charge < -0.3 is 10.6 Å². The van der Waals surface area contributed by atoms with E-state index in [-0.39, 0.29) is 10.9 Å². The number of carbonyl (C=O) groups is 1. The molecule has 0 spiro atoms. The molecule has 1 unspecified atom stereocenters. The summed E-state index contributed by atoms with van der Waals surface area (Å²) in [5.74, 6) is 0.841. The van der Waals surface area contributed by atoms with E-state index in [1.807, 2.05) is 13.8 Å². The molecule has 1 amide bonds. The van der Waals surface area contributed by atoms with Crippen LogP contribution in [0.3, 0.4) is 0 Å². The Morgan fingerprint density at radius 2 is 2.28 bits per heavy atom. The van der Waals surface area contributed by atoms with Gasteiger partial charge in [-0.15, -0.1) is 0 Å². The van der Waals surface area contributed by atoms with Gasteiger partial charge in [0.05, 0.1) is 17.5 Å². The number of thiocarbonyl (C=S) groups is 1. The maximum absolute atomic E-state index is 12.2. The van der Waals surface area contributed by atoms with Gasteiger partial charge in [0.1, 0.15) is 5.82 Å². The van der Waals surface area contributed by atoms with Crippen molar-refractivity contribution in [3.63, 3.8) is 0 Å². The molecule has 0 radical (unpaired) electrons. The quantitative estimate of drug-likeness (QED) is 0.745. The summed E-state index contributed by atoms with van der Waals surface area (Å²) in [5.41, 5.74) is 5.61. The lowest BCUT2D eigenvalue weighted by molar-refractivity contribution is -0.132. The van der Waals surface area contributed by atoms with Gasteiger partial charge in [0.2, 0.25) is 5.91 Å². The standard InChI is InChI=1S/C11H19N5OS/c1-4-5-8(10(12)18)11(17)16(3)6-9-13-7(2)14-15-9/h8H,4-6H2,1-3H3,(H2,12,18)(H,13,14,15). The van der Waals surface area contributed by atoms with Crippen molar-refractivity contribution >= 4 is 23.1 Å². The summed E-state index contributed by atoms with van der Waals surface area (Å²) in [6.45, 7) is 4.16. The van der Waals surface area contributed by atoms with Crippen molar-refractivity contribution in [2.24, 2.45) is 11.7 Å². The van der Waals surface area contributed by atoms with E-state index in [1.54, 1.807) is 11.9 Å². The van der Waals surface area contributed by atoms with Gasteiger partial charge in [-0.25, -0.2) is 4.98 Å². The van der Waals surface area contributed by atoms with E-state index in [4.69, 9.17) is 18.0 Å². The Morgan fingerprint density at radius 3 is 2.72 bits per heavy atom. The predicted molar refractivity (Wildman–Crippen MR) is 72.8 cm³/mol. The minimum atomic E-state index is -0.393. The molecule has 1 aromatic heterocycles.